The molecule has 0 bridgehead atoms. The van der Waals surface area contributed by atoms with E-state index in [-0.39, 0.29) is 35.1 Å². The molecule has 0 aromatic heterocycles. The van der Waals surface area contributed by atoms with Crippen LogP contribution in [0.1, 0.15) is 10.4 Å². The Labute approximate surface area is 104 Å². The number of aromatic carboxylic acids is 1. The SMILES string of the molecule is CN=COc1ccc(C(=O)[O-])cc1.[Na+]. The molecule has 0 amide bonds. The zero-order valence-corrected chi connectivity index (χ0v) is 10.1. The van der Waals surface area contributed by atoms with Crippen molar-refractivity contribution in [3.63, 3.8) is 0 Å². The first-order valence-electron chi connectivity index (χ1n) is 3.62. The fourth-order valence-electron chi connectivity index (χ4n) is 0.783. The van der Waals surface area contributed by atoms with Crippen LogP contribution in [0.3, 0.4) is 0 Å². The second kappa shape index (κ2) is 6.59. The molecule has 0 radical (unpaired) electrons. The minimum absolute atomic E-state index is 0. The number of carbonyl (C=O) groups is 1. The number of hydrogen-bond acceptors (Lipinski definition) is 4. The predicted octanol–water partition coefficient (Wildman–Crippen LogP) is -2.91. The molecule has 0 saturated heterocycles. The van der Waals surface area contributed by atoms with Crippen LogP contribution in [0.15, 0.2) is 29.3 Å². The van der Waals surface area contributed by atoms with Gasteiger partial charge >= 0.3 is 29.6 Å². The minimum Gasteiger partial charge on any atom is -0.545 e. The number of hydrogen-bond donors (Lipinski definition) is 0. The van der Waals surface area contributed by atoms with Gasteiger partial charge in [-0.2, -0.15) is 0 Å². The fourth-order valence-corrected chi connectivity index (χ4v) is 0.783. The van der Waals surface area contributed by atoms with Gasteiger partial charge in [0.25, 0.3) is 0 Å². The summed E-state index contributed by atoms with van der Waals surface area (Å²) in [4.78, 5) is 14.0. The van der Waals surface area contributed by atoms with Crippen molar-refractivity contribution < 1.29 is 44.2 Å². The van der Waals surface area contributed by atoms with E-state index in [2.05, 4.69) is 4.99 Å². The topological polar surface area (TPSA) is 61.7 Å². The van der Waals surface area contributed by atoms with Gasteiger partial charge in [-0.25, -0.2) is 0 Å². The largest absolute Gasteiger partial charge is 1.00 e. The Hall–Kier alpha value is -0.840. The Morgan fingerprint density at radius 2 is 2.00 bits per heavy atom. The van der Waals surface area contributed by atoms with Crippen molar-refractivity contribution in [1.82, 2.24) is 0 Å². The molecule has 0 aliphatic carbocycles. The van der Waals surface area contributed by atoms with Crippen LogP contribution in [0.2, 0.25) is 0 Å². The van der Waals surface area contributed by atoms with Gasteiger partial charge in [0.15, 0.2) is 6.40 Å². The van der Waals surface area contributed by atoms with Gasteiger partial charge in [0.2, 0.25) is 0 Å². The molecule has 1 aromatic rings. The van der Waals surface area contributed by atoms with Crippen LogP contribution in [0.4, 0.5) is 0 Å². The molecular weight excluding hydrogens is 193 g/mol. The van der Waals surface area contributed by atoms with Crippen molar-refractivity contribution in [1.29, 1.82) is 0 Å². The molecule has 0 heterocycles. The van der Waals surface area contributed by atoms with E-state index in [0.29, 0.717) is 5.75 Å². The number of benzene rings is 1. The van der Waals surface area contributed by atoms with Gasteiger partial charge < -0.3 is 14.6 Å². The third kappa shape index (κ3) is 3.91. The number of carboxylic acids is 1. The van der Waals surface area contributed by atoms with Crippen molar-refractivity contribution in [3.8, 4) is 5.75 Å². The van der Waals surface area contributed by atoms with Crippen molar-refractivity contribution >= 4 is 12.4 Å². The molecule has 68 valence electrons. The summed E-state index contributed by atoms with van der Waals surface area (Å²) in [5.41, 5.74) is 0.126. The summed E-state index contributed by atoms with van der Waals surface area (Å²) < 4.78 is 4.98. The maximum atomic E-state index is 10.3. The molecule has 0 aliphatic rings. The third-order valence-corrected chi connectivity index (χ3v) is 1.38. The minimum atomic E-state index is -1.20. The predicted molar refractivity (Wildman–Crippen MR) is 45.8 cm³/mol. The molecule has 0 atom stereocenters. The number of aliphatic imine (C=N–C) groups is 1. The Bertz CT molecular complexity index is 321. The van der Waals surface area contributed by atoms with Crippen LogP contribution in [0.25, 0.3) is 0 Å². The number of ether oxygens (including phenoxy) is 1. The molecular formula is C9H8NNaO3. The van der Waals surface area contributed by atoms with E-state index in [1.54, 1.807) is 7.05 Å². The van der Waals surface area contributed by atoms with Crippen molar-refractivity contribution in [2.45, 2.75) is 0 Å². The van der Waals surface area contributed by atoms with E-state index in [9.17, 15) is 9.90 Å². The van der Waals surface area contributed by atoms with E-state index < -0.39 is 5.97 Å². The van der Waals surface area contributed by atoms with Crippen LogP contribution in [0, 0.1) is 0 Å². The quantitative estimate of drug-likeness (QED) is 0.299. The summed E-state index contributed by atoms with van der Waals surface area (Å²) >= 11 is 0. The average Bonchev–Trinajstić information content (AvgIpc) is 2.15. The number of carboxylic acid groups (broad SMARTS) is 1. The average molecular weight is 201 g/mol. The second-order valence-electron chi connectivity index (χ2n) is 2.29. The van der Waals surface area contributed by atoms with Crippen molar-refractivity contribution in [2.75, 3.05) is 7.05 Å². The normalized spacial score (nSPS) is 9.50. The van der Waals surface area contributed by atoms with E-state index in [4.69, 9.17) is 4.74 Å². The van der Waals surface area contributed by atoms with Crippen LogP contribution >= 0.6 is 0 Å². The zero-order chi connectivity index (χ0) is 9.68. The maximum Gasteiger partial charge on any atom is 1.00 e. The molecule has 14 heavy (non-hydrogen) atoms. The van der Waals surface area contributed by atoms with Crippen LogP contribution < -0.4 is 39.4 Å². The molecule has 0 unspecified atom stereocenters. The maximum absolute atomic E-state index is 10.3. The van der Waals surface area contributed by atoms with Gasteiger partial charge in [0.05, 0.1) is 5.97 Å². The first-order chi connectivity index (χ1) is 6.24. The van der Waals surface area contributed by atoms with Gasteiger partial charge in [0, 0.05) is 7.05 Å². The second-order valence-corrected chi connectivity index (χ2v) is 2.29. The van der Waals surface area contributed by atoms with Crippen LogP contribution in [-0.2, 0) is 0 Å². The molecule has 1 rings (SSSR count). The summed E-state index contributed by atoms with van der Waals surface area (Å²) in [6.07, 6.45) is 1.27. The molecule has 4 nitrogen and oxygen atoms in total. The van der Waals surface area contributed by atoms with Crippen molar-refractivity contribution in [2.24, 2.45) is 4.99 Å². The summed E-state index contributed by atoms with van der Waals surface area (Å²) in [5, 5.41) is 10.3. The number of carbonyl (C=O) groups excluding carboxylic acids is 1. The van der Waals surface area contributed by atoms with Gasteiger partial charge in [-0.05, 0) is 29.8 Å². The Balaban J connectivity index is 0.00000169. The van der Waals surface area contributed by atoms with Gasteiger partial charge in [0.1, 0.15) is 5.75 Å². The van der Waals surface area contributed by atoms with Crippen LogP contribution in [0.5, 0.6) is 5.75 Å². The summed E-state index contributed by atoms with van der Waals surface area (Å²) in [7, 11) is 1.58. The van der Waals surface area contributed by atoms with Gasteiger partial charge in [-0.15, -0.1) is 0 Å². The molecule has 5 heteroatoms. The molecule has 1 aromatic carbocycles. The molecule has 0 spiro atoms. The first kappa shape index (κ1) is 13.2. The number of rotatable bonds is 3. The Morgan fingerprint density at radius 3 is 2.43 bits per heavy atom. The van der Waals surface area contributed by atoms with E-state index in [0.717, 1.165) is 0 Å². The Kier molecular flexibility index (Phi) is 6.19. The Morgan fingerprint density at radius 1 is 1.43 bits per heavy atom. The molecule has 0 saturated carbocycles. The summed E-state index contributed by atoms with van der Waals surface area (Å²) in [5.74, 6) is -0.661. The third-order valence-electron chi connectivity index (χ3n) is 1.38. The zero-order valence-electron chi connectivity index (χ0n) is 8.06. The van der Waals surface area contributed by atoms with Crippen LogP contribution in [-0.4, -0.2) is 19.4 Å². The van der Waals surface area contributed by atoms with Gasteiger partial charge in [-0.3, -0.25) is 4.99 Å². The number of nitrogens with zero attached hydrogens (tertiary/aromatic N) is 1. The van der Waals surface area contributed by atoms with Crippen molar-refractivity contribution in [3.05, 3.63) is 29.8 Å². The molecule has 0 N–H and O–H groups in total. The van der Waals surface area contributed by atoms with Gasteiger partial charge in [-0.1, -0.05) is 0 Å². The fraction of sp³-hybridized carbons (Fsp3) is 0.111. The summed E-state index contributed by atoms with van der Waals surface area (Å²) in [6, 6.07) is 5.89. The standard InChI is InChI=1S/C9H9NO3.Na/c1-10-6-13-8-4-2-7(3-5-8)9(11)12;/h2-6H,1H3,(H,11,12);/q;+1/p-1. The summed E-state index contributed by atoms with van der Waals surface area (Å²) in [6.45, 7) is 0. The first-order valence-corrected chi connectivity index (χ1v) is 3.62. The van der Waals surface area contributed by atoms with E-state index in [1.165, 1.54) is 30.7 Å². The van der Waals surface area contributed by atoms with E-state index in [1.807, 2.05) is 0 Å². The molecule has 0 aliphatic heterocycles. The monoisotopic (exact) mass is 201 g/mol. The smallest absolute Gasteiger partial charge is 0.545 e. The van der Waals surface area contributed by atoms with E-state index >= 15 is 0 Å². The molecule has 0 fully saturated rings.